The van der Waals surface area contributed by atoms with Gasteiger partial charge in [0, 0.05) is 11.9 Å². The Hall–Kier alpha value is -2.03. The molecular weight excluding hydrogens is 202 g/mol. The Bertz CT molecular complexity index is 504. The van der Waals surface area contributed by atoms with E-state index in [1.165, 1.54) is 0 Å². The fraction of sp³-hybridized carbons (Fsp3) is 0.154. The molecule has 0 radical (unpaired) electrons. The summed E-state index contributed by atoms with van der Waals surface area (Å²) < 4.78 is 0. The molecule has 0 saturated heterocycles. The van der Waals surface area contributed by atoms with Crippen molar-refractivity contribution in [2.45, 2.75) is 12.0 Å². The number of aliphatic carboxylic acids is 1. The van der Waals surface area contributed by atoms with Crippen LogP contribution in [-0.4, -0.2) is 17.1 Å². The van der Waals surface area contributed by atoms with Crippen LogP contribution in [0.15, 0.2) is 48.7 Å². The van der Waals surface area contributed by atoms with E-state index in [1.54, 1.807) is 0 Å². The van der Waals surface area contributed by atoms with E-state index in [0.29, 0.717) is 0 Å². The highest BCUT2D eigenvalue weighted by atomic mass is 16.4. The molecule has 2 atom stereocenters. The Morgan fingerprint density at radius 1 is 1.25 bits per heavy atom. The third kappa shape index (κ3) is 1.11. The maximum atomic E-state index is 11.3. The van der Waals surface area contributed by atoms with Gasteiger partial charge in [0.2, 0.25) is 0 Å². The molecule has 0 spiro atoms. The molecule has 2 heterocycles. The number of carbonyl (C=O) groups is 1. The molecule has 0 aliphatic carbocycles. The zero-order valence-corrected chi connectivity index (χ0v) is 8.58. The van der Waals surface area contributed by atoms with Gasteiger partial charge in [-0.1, -0.05) is 30.4 Å². The minimum Gasteiger partial charge on any atom is -0.481 e. The van der Waals surface area contributed by atoms with Gasteiger partial charge in [0.1, 0.15) is 5.92 Å². The first-order valence-electron chi connectivity index (χ1n) is 5.24. The van der Waals surface area contributed by atoms with E-state index >= 15 is 0 Å². The first-order valence-corrected chi connectivity index (χ1v) is 5.24. The van der Waals surface area contributed by atoms with Crippen LogP contribution in [0.2, 0.25) is 0 Å². The van der Waals surface area contributed by atoms with Crippen LogP contribution in [0.5, 0.6) is 0 Å². The number of hydrogen-bond donors (Lipinski definition) is 1. The monoisotopic (exact) mass is 213 g/mol. The summed E-state index contributed by atoms with van der Waals surface area (Å²) in [5.74, 6) is -1.22. The quantitative estimate of drug-likeness (QED) is 0.776. The van der Waals surface area contributed by atoms with Gasteiger partial charge in [0.15, 0.2) is 0 Å². The number of hydrogen-bond acceptors (Lipinski definition) is 2. The normalized spacial score (nSPS) is 25.4. The highest BCUT2D eigenvalue weighted by Crippen LogP contribution is 2.42. The van der Waals surface area contributed by atoms with E-state index in [1.807, 2.05) is 53.6 Å². The van der Waals surface area contributed by atoms with E-state index < -0.39 is 11.9 Å². The molecule has 1 aromatic carbocycles. The molecule has 0 saturated carbocycles. The Morgan fingerprint density at radius 3 is 2.88 bits per heavy atom. The molecule has 1 aromatic rings. The van der Waals surface area contributed by atoms with E-state index in [2.05, 4.69) is 0 Å². The summed E-state index contributed by atoms with van der Waals surface area (Å²) in [5.41, 5.74) is 1.90. The second-order valence-electron chi connectivity index (χ2n) is 4.00. The van der Waals surface area contributed by atoms with Crippen molar-refractivity contribution >= 4 is 11.7 Å². The average molecular weight is 213 g/mol. The molecule has 3 nitrogen and oxygen atoms in total. The first-order chi connectivity index (χ1) is 7.79. The number of para-hydroxylation sites is 1. The number of benzene rings is 1. The van der Waals surface area contributed by atoms with E-state index in [0.717, 1.165) is 11.3 Å². The van der Waals surface area contributed by atoms with Gasteiger partial charge in [-0.2, -0.15) is 0 Å². The summed E-state index contributed by atoms with van der Waals surface area (Å²) in [4.78, 5) is 13.4. The van der Waals surface area contributed by atoms with Crippen LogP contribution in [0.25, 0.3) is 0 Å². The Morgan fingerprint density at radius 2 is 2.06 bits per heavy atom. The summed E-state index contributed by atoms with van der Waals surface area (Å²) in [6, 6.07) is 7.61. The fourth-order valence-electron chi connectivity index (χ4n) is 2.47. The molecule has 3 heteroatoms. The average Bonchev–Trinajstić information content (AvgIpc) is 2.63. The number of carboxylic acid groups (broad SMARTS) is 1. The summed E-state index contributed by atoms with van der Waals surface area (Å²) in [7, 11) is 0. The Labute approximate surface area is 93.3 Å². The third-order valence-electron chi connectivity index (χ3n) is 3.14. The van der Waals surface area contributed by atoms with Crippen LogP contribution < -0.4 is 4.90 Å². The largest absolute Gasteiger partial charge is 0.481 e. The zero-order chi connectivity index (χ0) is 11.1. The summed E-state index contributed by atoms with van der Waals surface area (Å²) >= 11 is 0. The molecule has 0 aromatic heterocycles. The maximum absolute atomic E-state index is 11.3. The van der Waals surface area contributed by atoms with E-state index in [-0.39, 0.29) is 6.04 Å². The smallest absolute Gasteiger partial charge is 0.313 e. The third-order valence-corrected chi connectivity index (χ3v) is 3.14. The van der Waals surface area contributed by atoms with Crippen LogP contribution in [0.3, 0.4) is 0 Å². The van der Waals surface area contributed by atoms with Crippen LogP contribution in [0, 0.1) is 0 Å². The van der Waals surface area contributed by atoms with Gasteiger partial charge >= 0.3 is 5.97 Å². The molecule has 3 rings (SSSR count). The standard InChI is InChI=1S/C13H11NO2/c15-13(16)12-9-5-1-2-6-10(9)14-8-4-3-7-11(12)14/h1-8,11-12H,(H,15,16). The van der Waals surface area contributed by atoms with Gasteiger partial charge < -0.3 is 10.0 Å². The fourth-order valence-corrected chi connectivity index (χ4v) is 2.47. The molecule has 2 aliphatic heterocycles. The lowest BCUT2D eigenvalue weighted by atomic mass is 9.94. The molecule has 0 fully saturated rings. The van der Waals surface area contributed by atoms with Crippen molar-refractivity contribution in [3.8, 4) is 0 Å². The van der Waals surface area contributed by atoms with Crippen LogP contribution >= 0.6 is 0 Å². The summed E-state index contributed by atoms with van der Waals surface area (Å²) in [6.45, 7) is 0. The Kier molecular flexibility index (Phi) is 1.86. The van der Waals surface area contributed by atoms with Crippen LogP contribution in [0.4, 0.5) is 5.69 Å². The molecule has 1 N–H and O–H groups in total. The van der Waals surface area contributed by atoms with Crippen molar-refractivity contribution < 1.29 is 9.90 Å². The predicted molar refractivity (Wildman–Crippen MR) is 61.4 cm³/mol. The lowest BCUT2D eigenvalue weighted by Gasteiger charge is -2.25. The topological polar surface area (TPSA) is 40.5 Å². The molecule has 2 aliphatic rings. The number of anilines is 1. The maximum Gasteiger partial charge on any atom is 0.313 e. The van der Waals surface area contributed by atoms with Crippen molar-refractivity contribution in [3.63, 3.8) is 0 Å². The van der Waals surface area contributed by atoms with Crippen LogP contribution in [0.1, 0.15) is 11.5 Å². The lowest BCUT2D eigenvalue weighted by Crippen LogP contribution is -2.32. The number of nitrogens with zero attached hydrogens (tertiary/aromatic N) is 1. The van der Waals surface area contributed by atoms with Gasteiger partial charge in [0.25, 0.3) is 0 Å². The Balaban J connectivity index is 2.18. The van der Waals surface area contributed by atoms with Crippen molar-refractivity contribution in [1.29, 1.82) is 0 Å². The summed E-state index contributed by atoms with van der Waals surface area (Å²) in [6.07, 6.45) is 7.71. The van der Waals surface area contributed by atoms with Crippen molar-refractivity contribution in [3.05, 3.63) is 54.3 Å². The molecule has 0 bridgehead atoms. The zero-order valence-electron chi connectivity index (χ0n) is 8.58. The highest BCUT2D eigenvalue weighted by molar-refractivity contribution is 5.85. The van der Waals surface area contributed by atoms with Crippen molar-refractivity contribution in [2.75, 3.05) is 4.90 Å². The second-order valence-corrected chi connectivity index (χ2v) is 4.00. The van der Waals surface area contributed by atoms with Gasteiger partial charge in [-0.25, -0.2) is 0 Å². The van der Waals surface area contributed by atoms with Crippen molar-refractivity contribution in [1.82, 2.24) is 0 Å². The number of allylic oxidation sites excluding steroid dienone is 2. The lowest BCUT2D eigenvalue weighted by molar-refractivity contribution is -0.138. The van der Waals surface area contributed by atoms with Gasteiger partial charge in [-0.05, 0) is 17.7 Å². The number of fused-ring (bicyclic) bond motifs is 3. The van der Waals surface area contributed by atoms with Gasteiger partial charge in [-0.15, -0.1) is 0 Å². The van der Waals surface area contributed by atoms with Crippen LogP contribution in [-0.2, 0) is 4.79 Å². The number of carboxylic acids is 1. The molecule has 80 valence electrons. The van der Waals surface area contributed by atoms with Gasteiger partial charge in [-0.3, -0.25) is 4.79 Å². The predicted octanol–water partition coefficient (Wildman–Crippen LogP) is 2.13. The van der Waals surface area contributed by atoms with Crippen molar-refractivity contribution in [2.24, 2.45) is 0 Å². The molecule has 0 amide bonds. The second kappa shape index (κ2) is 3.23. The molecule has 2 unspecified atom stereocenters. The number of rotatable bonds is 1. The minimum atomic E-state index is -0.764. The highest BCUT2D eigenvalue weighted by Gasteiger charge is 2.40. The minimum absolute atomic E-state index is 0.0834. The summed E-state index contributed by atoms with van der Waals surface area (Å²) in [5, 5.41) is 9.31. The van der Waals surface area contributed by atoms with E-state index in [4.69, 9.17) is 0 Å². The first kappa shape index (κ1) is 9.21. The SMILES string of the molecule is O=C(O)C1c2ccccc2N2C=CC=CC12. The molecular formula is C13H11NO2. The van der Waals surface area contributed by atoms with Gasteiger partial charge in [0.05, 0.1) is 6.04 Å². The molecule has 16 heavy (non-hydrogen) atoms. The van der Waals surface area contributed by atoms with E-state index in [9.17, 15) is 9.90 Å².